The number of nitrogens with zero attached hydrogens (tertiary/aromatic N) is 1. The highest BCUT2D eigenvalue weighted by molar-refractivity contribution is 5.70. The van der Waals surface area contributed by atoms with Crippen molar-refractivity contribution >= 4 is 17.9 Å². The topological polar surface area (TPSA) is 111 Å². The summed E-state index contributed by atoms with van der Waals surface area (Å²) in [7, 11) is 5.93. The second-order valence-corrected chi connectivity index (χ2v) is 24.8. The Morgan fingerprint density at radius 1 is 0.360 bits per heavy atom. The molecule has 0 amide bonds. The molecular weight excluding hydrogens is 1070 g/mol. The number of hydrogen-bond donors (Lipinski definition) is 0. The summed E-state index contributed by atoms with van der Waals surface area (Å²) in [6, 6.07) is 0. The molecule has 0 aromatic heterocycles. The number of unbranched alkanes of at least 4 members (excludes halogenated alkanes) is 32. The van der Waals surface area contributed by atoms with Crippen LogP contribution in [0.2, 0.25) is 0 Å². The van der Waals surface area contributed by atoms with Gasteiger partial charge in [0.1, 0.15) is 13.2 Å². The van der Waals surface area contributed by atoms with Crippen LogP contribution >= 0.6 is 0 Å². The Labute approximate surface area is 530 Å². The number of carboxylic acids is 1. The van der Waals surface area contributed by atoms with Crippen LogP contribution in [0, 0.1) is 0 Å². The summed E-state index contributed by atoms with van der Waals surface area (Å²) in [6.45, 7) is 4.65. The molecule has 0 fully saturated rings. The van der Waals surface area contributed by atoms with E-state index in [2.05, 4.69) is 123 Å². The zero-order valence-corrected chi connectivity index (χ0v) is 56.4. The number of aliphatic carboxylic acids is 1. The first kappa shape index (κ1) is 82.0. The van der Waals surface area contributed by atoms with Crippen LogP contribution in [-0.4, -0.2) is 82.3 Å². The number of carboxylic acid groups (broad SMARTS) is 1. The number of carbonyl (C=O) groups excluding carboxylic acids is 3. The first-order valence-corrected chi connectivity index (χ1v) is 35.5. The maximum atomic E-state index is 12.9. The quantitative estimate of drug-likeness (QED) is 0.0195. The molecule has 0 radical (unpaired) electrons. The van der Waals surface area contributed by atoms with Crippen LogP contribution in [-0.2, 0) is 33.3 Å². The largest absolute Gasteiger partial charge is 0.545 e. The summed E-state index contributed by atoms with van der Waals surface area (Å²) >= 11 is 0. The Morgan fingerprint density at radius 3 is 0.988 bits per heavy atom. The maximum Gasteiger partial charge on any atom is 0.306 e. The molecule has 0 aliphatic rings. The predicted molar refractivity (Wildman–Crippen MR) is 366 cm³/mol. The van der Waals surface area contributed by atoms with Crippen LogP contribution in [0.25, 0.3) is 0 Å². The van der Waals surface area contributed by atoms with Crippen molar-refractivity contribution in [3.8, 4) is 0 Å². The first-order valence-electron chi connectivity index (χ1n) is 35.5. The van der Waals surface area contributed by atoms with Gasteiger partial charge >= 0.3 is 11.9 Å². The van der Waals surface area contributed by atoms with E-state index in [4.69, 9.17) is 18.9 Å². The molecule has 0 aliphatic heterocycles. The van der Waals surface area contributed by atoms with Crippen LogP contribution < -0.4 is 5.11 Å². The van der Waals surface area contributed by atoms with Gasteiger partial charge in [0.05, 0.1) is 40.3 Å². The standard InChI is InChI=1S/C77H133NO8/c1-6-8-10-12-14-16-18-20-22-24-26-28-30-32-34-35-36-37-38-39-40-41-42-44-46-48-50-52-54-56-58-60-62-64-66-68-75(80)86-73(72-85-77(76(81)82)83-70-69-78(3,4)5)71-84-74(79)67-65-63-61-59-57-55-53-51-49-47-45-43-33-31-29-27-25-23-21-19-17-15-13-11-9-7-2/h8,10,14,16,20,22,26,28,32,34,36-37,39-40,42,44,48,50,73,77H,6-7,9,11-13,15,17-19,21,23-25,27,29-31,33,35,38,41,43,45-47,49,51-72H2,1-5H3/b10-8-,16-14-,22-20-,28-26-,34-32-,37-36-,40-39-,44-42-,50-48-. The average molecular weight is 1200 g/mol. The lowest BCUT2D eigenvalue weighted by Crippen LogP contribution is -2.44. The molecular formula is C77H133NO8. The van der Waals surface area contributed by atoms with E-state index in [0.29, 0.717) is 17.4 Å². The fraction of sp³-hybridized carbons (Fsp3) is 0.727. The summed E-state index contributed by atoms with van der Waals surface area (Å²) in [5, 5.41) is 11.8. The Bertz CT molecular complexity index is 1780. The van der Waals surface area contributed by atoms with Gasteiger partial charge in [-0.05, 0) is 83.5 Å². The van der Waals surface area contributed by atoms with E-state index in [1.54, 1.807) is 0 Å². The summed E-state index contributed by atoms with van der Waals surface area (Å²) in [5.74, 6) is -2.29. The van der Waals surface area contributed by atoms with Crippen LogP contribution in [0.15, 0.2) is 109 Å². The summed E-state index contributed by atoms with van der Waals surface area (Å²) < 4.78 is 22.8. The van der Waals surface area contributed by atoms with Gasteiger partial charge in [0.2, 0.25) is 0 Å². The van der Waals surface area contributed by atoms with Crippen LogP contribution in [0.3, 0.4) is 0 Å². The third-order valence-corrected chi connectivity index (χ3v) is 15.3. The fourth-order valence-corrected chi connectivity index (χ4v) is 9.88. The van der Waals surface area contributed by atoms with Gasteiger partial charge in [0, 0.05) is 12.8 Å². The van der Waals surface area contributed by atoms with E-state index >= 15 is 0 Å². The molecule has 2 unspecified atom stereocenters. The van der Waals surface area contributed by atoms with Crippen molar-refractivity contribution < 1.29 is 42.9 Å². The van der Waals surface area contributed by atoms with Crippen LogP contribution in [0.4, 0.5) is 0 Å². The third-order valence-electron chi connectivity index (χ3n) is 15.3. The van der Waals surface area contributed by atoms with Gasteiger partial charge in [-0.15, -0.1) is 0 Å². The fourth-order valence-electron chi connectivity index (χ4n) is 9.88. The molecule has 0 saturated carbocycles. The number of hydrogen-bond acceptors (Lipinski definition) is 8. The SMILES string of the molecule is CC/C=C\C/C=C\C/C=C\C/C=C\C/C=C\C/C=C\C/C=C\C/C=C\C/C=C\CCCCCCCCCC(=O)OC(COC(=O)CCCCCCCCCCCCCCCCCCCCCCCCCCCC)COC(OCC[N+](C)(C)C)C(=O)[O-]. The second-order valence-electron chi connectivity index (χ2n) is 24.8. The zero-order valence-electron chi connectivity index (χ0n) is 56.4. The van der Waals surface area contributed by atoms with Gasteiger partial charge in [0.25, 0.3) is 0 Å². The molecule has 494 valence electrons. The van der Waals surface area contributed by atoms with Gasteiger partial charge < -0.3 is 33.3 Å². The van der Waals surface area contributed by atoms with E-state index < -0.39 is 24.3 Å². The molecule has 0 N–H and O–H groups in total. The highest BCUT2D eigenvalue weighted by Crippen LogP contribution is 2.18. The van der Waals surface area contributed by atoms with E-state index in [9.17, 15) is 19.5 Å². The number of esters is 2. The Balaban J connectivity index is 4.17. The molecule has 0 spiro atoms. The molecule has 0 heterocycles. The molecule has 9 nitrogen and oxygen atoms in total. The second kappa shape index (κ2) is 66.9. The highest BCUT2D eigenvalue weighted by Gasteiger charge is 2.22. The lowest BCUT2D eigenvalue weighted by molar-refractivity contribution is -0.870. The maximum absolute atomic E-state index is 12.9. The molecule has 0 aliphatic carbocycles. The van der Waals surface area contributed by atoms with Gasteiger partial charge in [0.15, 0.2) is 12.4 Å². The lowest BCUT2D eigenvalue weighted by atomic mass is 10.0. The van der Waals surface area contributed by atoms with Crippen molar-refractivity contribution in [2.45, 2.75) is 315 Å². The number of quaternary nitrogens is 1. The summed E-state index contributed by atoms with van der Waals surface area (Å²) in [6.07, 6.45) is 90.3. The normalized spacial score (nSPS) is 13.4. The molecule has 9 heteroatoms. The Morgan fingerprint density at radius 2 is 0.663 bits per heavy atom. The molecule has 0 rings (SSSR count). The minimum atomic E-state index is -1.63. The Hall–Kier alpha value is -4.05. The van der Waals surface area contributed by atoms with E-state index in [1.165, 1.54) is 167 Å². The van der Waals surface area contributed by atoms with E-state index in [0.717, 1.165) is 103 Å². The summed E-state index contributed by atoms with van der Waals surface area (Å²) in [5.41, 5.74) is 0. The minimum Gasteiger partial charge on any atom is -0.545 e. The molecule has 0 bridgehead atoms. The number of carbonyl (C=O) groups is 3. The number of ether oxygens (including phenoxy) is 4. The van der Waals surface area contributed by atoms with Gasteiger partial charge in [-0.2, -0.15) is 0 Å². The zero-order chi connectivity index (χ0) is 62.6. The summed E-state index contributed by atoms with van der Waals surface area (Å²) in [4.78, 5) is 37.5. The van der Waals surface area contributed by atoms with E-state index in [-0.39, 0.29) is 38.6 Å². The van der Waals surface area contributed by atoms with Crippen molar-refractivity contribution in [1.82, 2.24) is 0 Å². The average Bonchev–Trinajstić information content (AvgIpc) is 3.64. The van der Waals surface area contributed by atoms with E-state index in [1.807, 2.05) is 21.1 Å². The van der Waals surface area contributed by atoms with Crippen LogP contribution in [0.1, 0.15) is 303 Å². The first-order chi connectivity index (χ1) is 42.1. The van der Waals surface area contributed by atoms with Gasteiger partial charge in [-0.1, -0.05) is 316 Å². The lowest BCUT2D eigenvalue weighted by Gasteiger charge is -2.26. The molecule has 0 saturated heterocycles. The highest BCUT2D eigenvalue weighted by atomic mass is 16.7. The predicted octanol–water partition coefficient (Wildman–Crippen LogP) is 20.9. The molecule has 0 aromatic rings. The number of likely N-dealkylation sites (N-methyl/N-ethyl adjacent to an activating group) is 1. The monoisotopic (exact) mass is 1200 g/mol. The molecule has 86 heavy (non-hydrogen) atoms. The van der Waals surface area contributed by atoms with Crippen LogP contribution in [0.5, 0.6) is 0 Å². The van der Waals surface area contributed by atoms with Crippen molar-refractivity contribution in [1.29, 1.82) is 0 Å². The van der Waals surface area contributed by atoms with Crippen molar-refractivity contribution in [2.24, 2.45) is 0 Å². The number of rotatable bonds is 65. The van der Waals surface area contributed by atoms with Crippen molar-refractivity contribution in [3.05, 3.63) is 109 Å². The molecule has 0 aromatic carbocycles. The van der Waals surface area contributed by atoms with Crippen molar-refractivity contribution in [3.63, 3.8) is 0 Å². The third kappa shape index (κ3) is 67.5. The minimum absolute atomic E-state index is 0.142. The van der Waals surface area contributed by atoms with Crippen molar-refractivity contribution in [2.75, 3.05) is 47.5 Å². The smallest absolute Gasteiger partial charge is 0.306 e. The Kier molecular flexibility index (Phi) is 63.7. The van der Waals surface area contributed by atoms with Gasteiger partial charge in [-0.3, -0.25) is 9.59 Å². The molecule has 2 atom stereocenters. The van der Waals surface area contributed by atoms with Gasteiger partial charge in [-0.25, -0.2) is 0 Å². The number of allylic oxidation sites excluding steroid dienone is 18.